The van der Waals surface area contributed by atoms with E-state index in [2.05, 4.69) is 50.4 Å². The largest absolute Gasteiger partial charge is 0.497 e. The Balaban J connectivity index is 2.00. The first-order valence-corrected chi connectivity index (χ1v) is 9.46. The van der Waals surface area contributed by atoms with Gasteiger partial charge in [0.1, 0.15) is 11.5 Å². The minimum absolute atomic E-state index is 0.0833. The second kappa shape index (κ2) is 8.94. The van der Waals surface area contributed by atoms with E-state index >= 15 is 0 Å². The third-order valence-corrected chi connectivity index (χ3v) is 4.64. The van der Waals surface area contributed by atoms with Crippen LogP contribution in [0, 0.1) is 0 Å². The number of hydrogen-bond donors (Lipinski definition) is 1. The summed E-state index contributed by atoms with van der Waals surface area (Å²) >= 11 is 0. The van der Waals surface area contributed by atoms with Crippen LogP contribution in [0.3, 0.4) is 0 Å². The molecule has 0 aliphatic carbocycles. The second-order valence-electron chi connectivity index (χ2n) is 7.79. The van der Waals surface area contributed by atoms with Gasteiger partial charge >= 0.3 is 0 Å². The molecule has 0 unspecified atom stereocenters. The smallest absolute Gasteiger partial charge is 0.261 e. The lowest BCUT2D eigenvalue weighted by Gasteiger charge is -2.22. The number of ether oxygens (including phenoxy) is 2. The van der Waals surface area contributed by atoms with Gasteiger partial charge in [0, 0.05) is 0 Å². The van der Waals surface area contributed by atoms with E-state index in [0.29, 0.717) is 12.2 Å². The molecule has 0 spiro atoms. The van der Waals surface area contributed by atoms with Gasteiger partial charge in [0.05, 0.1) is 13.2 Å². The van der Waals surface area contributed by atoms with Crippen molar-refractivity contribution in [2.24, 2.45) is 0 Å². The zero-order chi connectivity index (χ0) is 20.0. The summed E-state index contributed by atoms with van der Waals surface area (Å²) in [5.74, 6) is 1.30. The van der Waals surface area contributed by atoms with E-state index in [9.17, 15) is 4.79 Å². The van der Waals surface area contributed by atoms with Gasteiger partial charge in [-0.05, 0) is 54.2 Å². The van der Waals surface area contributed by atoms with Gasteiger partial charge < -0.3 is 14.8 Å². The van der Waals surface area contributed by atoms with Crippen molar-refractivity contribution >= 4 is 5.91 Å². The molecule has 0 bridgehead atoms. The maximum Gasteiger partial charge on any atom is 0.261 e. The summed E-state index contributed by atoms with van der Waals surface area (Å²) in [5.41, 5.74) is 2.47. The van der Waals surface area contributed by atoms with E-state index in [-0.39, 0.29) is 17.4 Å². The SMILES string of the molecule is CC[C@@H](Oc1ccc(OC)cc1)C(=O)N[C@@H](C)c1ccc(C(C)(C)C)cc1. The number of benzene rings is 2. The molecule has 0 heterocycles. The molecule has 1 amide bonds. The maximum absolute atomic E-state index is 12.7. The Labute approximate surface area is 162 Å². The molecule has 1 N–H and O–H groups in total. The van der Waals surface area contributed by atoms with E-state index in [4.69, 9.17) is 9.47 Å². The van der Waals surface area contributed by atoms with Crippen LogP contribution in [0.25, 0.3) is 0 Å². The summed E-state index contributed by atoms with van der Waals surface area (Å²) in [6.45, 7) is 10.5. The van der Waals surface area contributed by atoms with Crippen molar-refractivity contribution in [3.63, 3.8) is 0 Å². The Bertz CT molecular complexity index is 730. The summed E-state index contributed by atoms with van der Waals surface area (Å²) in [7, 11) is 1.62. The highest BCUT2D eigenvalue weighted by Gasteiger charge is 2.21. The summed E-state index contributed by atoms with van der Waals surface area (Å²) < 4.78 is 11.0. The van der Waals surface area contributed by atoms with Gasteiger partial charge in [0.25, 0.3) is 5.91 Å². The number of nitrogens with one attached hydrogen (secondary N) is 1. The predicted molar refractivity (Wildman–Crippen MR) is 109 cm³/mol. The van der Waals surface area contributed by atoms with Gasteiger partial charge in [-0.15, -0.1) is 0 Å². The van der Waals surface area contributed by atoms with Gasteiger partial charge in [0.2, 0.25) is 0 Å². The summed E-state index contributed by atoms with van der Waals surface area (Å²) in [4.78, 5) is 12.7. The topological polar surface area (TPSA) is 47.6 Å². The minimum Gasteiger partial charge on any atom is -0.497 e. The van der Waals surface area contributed by atoms with E-state index < -0.39 is 6.10 Å². The van der Waals surface area contributed by atoms with E-state index in [1.807, 2.05) is 38.1 Å². The highest BCUT2D eigenvalue weighted by Crippen LogP contribution is 2.24. The Morgan fingerprint density at radius 3 is 2.04 bits per heavy atom. The van der Waals surface area contributed by atoms with Gasteiger partial charge in [-0.2, -0.15) is 0 Å². The number of carbonyl (C=O) groups excluding carboxylic acids is 1. The zero-order valence-electron chi connectivity index (χ0n) is 17.2. The third kappa shape index (κ3) is 5.75. The van der Waals surface area contributed by atoms with E-state index in [1.54, 1.807) is 7.11 Å². The lowest BCUT2D eigenvalue weighted by atomic mass is 9.86. The molecule has 0 aliphatic rings. The Hall–Kier alpha value is -2.49. The van der Waals surface area contributed by atoms with Crippen molar-refractivity contribution in [3.8, 4) is 11.5 Å². The molecular weight excluding hydrogens is 338 g/mol. The van der Waals surface area contributed by atoms with Crippen LogP contribution in [0.2, 0.25) is 0 Å². The molecule has 4 nitrogen and oxygen atoms in total. The van der Waals surface area contributed by atoms with Gasteiger partial charge in [-0.3, -0.25) is 4.79 Å². The molecule has 0 fully saturated rings. The fraction of sp³-hybridized carbons (Fsp3) is 0.435. The Kier molecular flexibility index (Phi) is 6.89. The molecule has 0 aromatic heterocycles. The van der Waals surface area contributed by atoms with Crippen LogP contribution < -0.4 is 14.8 Å². The summed E-state index contributed by atoms with van der Waals surface area (Å²) in [6.07, 6.45) is 0.0581. The quantitative estimate of drug-likeness (QED) is 0.745. The lowest BCUT2D eigenvalue weighted by Crippen LogP contribution is -2.39. The van der Waals surface area contributed by atoms with Crippen LogP contribution in [0.5, 0.6) is 11.5 Å². The number of amides is 1. The number of carbonyl (C=O) groups is 1. The first kappa shape index (κ1) is 20.8. The average Bonchev–Trinajstić information content (AvgIpc) is 2.65. The average molecular weight is 370 g/mol. The predicted octanol–water partition coefficient (Wildman–Crippen LogP) is 5.03. The number of hydrogen-bond acceptors (Lipinski definition) is 3. The monoisotopic (exact) mass is 369 g/mol. The molecule has 0 radical (unpaired) electrons. The molecule has 2 aromatic carbocycles. The van der Waals surface area contributed by atoms with E-state index in [1.165, 1.54) is 5.56 Å². The van der Waals surface area contributed by atoms with Gasteiger partial charge in [0.15, 0.2) is 6.10 Å². The fourth-order valence-electron chi connectivity index (χ4n) is 2.80. The van der Waals surface area contributed by atoms with Crippen molar-refractivity contribution in [2.75, 3.05) is 7.11 Å². The molecule has 0 saturated carbocycles. The molecule has 0 aliphatic heterocycles. The second-order valence-corrected chi connectivity index (χ2v) is 7.79. The van der Waals surface area contributed by atoms with Crippen molar-refractivity contribution in [1.82, 2.24) is 5.32 Å². The van der Waals surface area contributed by atoms with Crippen LogP contribution in [0.15, 0.2) is 48.5 Å². The molecule has 2 atom stereocenters. The van der Waals surface area contributed by atoms with Crippen LogP contribution in [0.4, 0.5) is 0 Å². The lowest BCUT2D eigenvalue weighted by molar-refractivity contribution is -0.128. The van der Waals surface area contributed by atoms with Crippen LogP contribution in [-0.2, 0) is 10.2 Å². The van der Waals surface area contributed by atoms with Gasteiger partial charge in [-0.1, -0.05) is 52.0 Å². The van der Waals surface area contributed by atoms with Crippen molar-refractivity contribution < 1.29 is 14.3 Å². The summed E-state index contributed by atoms with van der Waals surface area (Å²) in [5, 5.41) is 3.06. The van der Waals surface area contributed by atoms with E-state index in [0.717, 1.165) is 11.3 Å². The van der Waals surface area contributed by atoms with Gasteiger partial charge in [-0.25, -0.2) is 0 Å². The van der Waals surface area contributed by atoms with Crippen LogP contribution in [0.1, 0.15) is 58.2 Å². The minimum atomic E-state index is -0.533. The summed E-state index contributed by atoms with van der Waals surface area (Å²) in [6, 6.07) is 15.6. The molecule has 4 heteroatoms. The molecule has 2 aromatic rings. The standard InChI is InChI=1S/C23H31NO3/c1-7-21(27-20-14-12-19(26-6)13-15-20)22(25)24-16(2)17-8-10-18(11-9-17)23(3,4)5/h8-16,21H,7H2,1-6H3,(H,24,25)/t16-,21+/m0/s1. The highest BCUT2D eigenvalue weighted by atomic mass is 16.5. The Morgan fingerprint density at radius 1 is 1.00 bits per heavy atom. The molecule has 2 rings (SSSR count). The normalized spacial score (nSPS) is 13.6. The number of rotatable bonds is 7. The molecule has 0 saturated heterocycles. The zero-order valence-corrected chi connectivity index (χ0v) is 17.2. The third-order valence-electron chi connectivity index (χ3n) is 4.64. The molecule has 27 heavy (non-hydrogen) atoms. The maximum atomic E-state index is 12.7. The molecule has 146 valence electrons. The van der Waals surface area contributed by atoms with Crippen molar-refractivity contribution in [2.45, 2.75) is 58.6 Å². The van der Waals surface area contributed by atoms with Crippen LogP contribution in [-0.4, -0.2) is 19.1 Å². The van der Waals surface area contributed by atoms with Crippen molar-refractivity contribution in [3.05, 3.63) is 59.7 Å². The number of methoxy groups -OCH3 is 1. The first-order chi connectivity index (χ1) is 12.7. The molecular formula is C23H31NO3. The fourth-order valence-corrected chi connectivity index (χ4v) is 2.80. The first-order valence-electron chi connectivity index (χ1n) is 9.46. The highest BCUT2D eigenvalue weighted by molar-refractivity contribution is 5.81. The van der Waals surface area contributed by atoms with Crippen LogP contribution >= 0.6 is 0 Å². The Morgan fingerprint density at radius 2 is 1.56 bits per heavy atom. The van der Waals surface area contributed by atoms with Crippen molar-refractivity contribution in [1.29, 1.82) is 0 Å².